The molecule has 0 aliphatic heterocycles. The molecular formula is C23H21ClN4O5. The maximum Gasteiger partial charge on any atom is 0.319 e. The number of nitro benzene ring substituents is 1. The van der Waals surface area contributed by atoms with E-state index in [1.165, 1.54) is 12.1 Å². The summed E-state index contributed by atoms with van der Waals surface area (Å²) in [5.41, 5.74) is 1.87. The molecule has 0 heterocycles. The number of methoxy groups -OCH3 is 1. The van der Waals surface area contributed by atoms with E-state index in [0.29, 0.717) is 30.1 Å². The van der Waals surface area contributed by atoms with Crippen LogP contribution in [0.2, 0.25) is 5.02 Å². The van der Waals surface area contributed by atoms with Gasteiger partial charge in [0.1, 0.15) is 5.75 Å². The number of amides is 3. The number of carbonyl (C=O) groups excluding carboxylic acids is 2. The van der Waals surface area contributed by atoms with Gasteiger partial charge < -0.3 is 20.7 Å². The lowest BCUT2D eigenvalue weighted by atomic mass is 10.1. The first-order valence-corrected chi connectivity index (χ1v) is 10.3. The van der Waals surface area contributed by atoms with Crippen LogP contribution in [0, 0.1) is 10.1 Å². The number of hydrogen-bond acceptors (Lipinski definition) is 5. The van der Waals surface area contributed by atoms with Crippen LogP contribution in [-0.4, -0.2) is 30.5 Å². The molecule has 10 heteroatoms. The number of nitrogens with zero attached hydrogens (tertiary/aromatic N) is 1. The largest absolute Gasteiger partial charge is 0.497 e. The lowest BCUT2D eigenvalue weighted by Gasteiger charge is -2.10. The van der Waals surface area contributed by atoms with Crippen molar-refractivity contribution < 1.29 is 19.2 Å². The topological polar surface area (TPSA) is 123 Å². The highest BCUT2D eigenvalue weighted by atomic mass is 35.5. The summed E-state index contributed by atoms with van der Waals surface area (Å²) in [6, 6.07) is 17.4. The van der Waals surface area contributed by atoms with Gasteiger partial charge in [-0.25, -0.2) is 4.79 Å². The molecule has 0 unspecified atom stereocenters. The van der Waals surface area contributed by atoms with Crippen LogP contribution in [0.5, 0.6) is 5.75 Å². The maximum absolute atomic E-state index is 12.5. The number of carbonyl (C=O) groups is 2. The zero-order valence-corrected chi connectivity index (χ0v) is 18.4. The van der Waals surface area contributed by atoms with Gasteiger partial charge in [0, 0.05) is 36.1 Å². The summed E-state index contributed by atoms with van der Waals surface area (Å²) >= 11 is 6.01. The molecule has 3 aromatic rings. The average Bonchev–Trinajstić information content (AvgIpc) is 2.80. The van der Waals surface area contributed by atoms with Gasteiger partial charge in [0.05, 0.1) is 22.6 Å². The van der Waals surface area contributed by atoms with Gasteiger partial charge in [-0.05, 0) is 42.3 Å². The van der Waals surface area contributed by atoms with E-state index in [-0.39, 0.29) is 22.3 Å². The zero-order chi connectivity index (χ0) is 23.8. The fourth-order valence-corrected chi connectivity index (χ4v) is 3.15. The summed E-state index contributed by atoms with van der Waals surface area (Å²) in [6.07, 6.45) is 0.580. The van der Waals surface area contributed by atoms with Crippen LogP contribution in [0.4, 0.5) is 21.9 Å². The van der Waals surface area contributed by atoms with E-state index in [2.05, 4.69) is 16.0 Å². The molecule has 0 saturated heterocycles. The number of non-ortho nitro benzene ring substituents is 1. The summed E-state index contributed by atoms with van der Waals surface area (Å²) < 4.78 is 5.12. The van der Waals surface area contributed by atoms with Gasteiger partial charge >= 0.3 is 6.03 Å². The third kappa shape index (κ3) is 6.68. The van der Waals surface area contributed by atoms with Crippen LogP contribution >= 0.6 is 11.6 Å². The Morgan fingerprint density at radius 1 is 1.00 bits per heavy atom. The van der Waals surface area contributed by atoms with Crippen molar-refractivity contribution in [1.29, 1.82) is 0 Å². The molecule has 3 rings (SSSR count). The molecule has 9 nitrogen and oxygen atoms in total. The lowest BCUT2D eigenvalue weighted by Crippen LogP contribution is -2.30. The Morgan fingerprint density at radius 2 is 1.76 bits per heavy atom. The number of ether oxygens (including phenoxy) is 1. The number of urea groups is 1. The highest BCUT2D eigenvalue weighted by Gasteiger charge is 2.16. The van der Waals surface area contributed by atoms with Crippen LogP contribution in [-0.2, 0) is 6.42 Å². The fraction of sp³-hybridized carbons (Fsp3) is 0.130. The molecule has 0 atom stereocenters. The molecule has 170 valence electrons. The molecule has 3 amide bonds. The summed E-state index contributed by atoms with van der Waals surface area (Å²) in [4.78, 5) is 34.8. The molecule has 0 saturated carbocycles. The minimum absolute atomic E-state index is 0.0150. The SMILES string of the molecule is COc1cccc(NC(=O)NCCc2ccc(NC(=O)c3cc([N+](=O)[O-])ccc3Cl)cc2)c1. The molecule has 0 aromatic heterocycles. The summed E-state index contributed by atoms with van der Waals surface area (Å²) in [6.45, 7) is 0.408. The van der Waals surface area contributed by atoms with Crippen LogP contribution < -0.4 is 20.7 Å². The number of anilines is 2. The van der Waals surface area contributed by atoms with E-state index in [9.17, 15) is 19.7 Å². The molecule has 0 aliphatic rings. The van der Waals surface area contributed by atoms with E-state index in [1.54, 1.807) is 43.5 Å². The number of benzene rings is 3. The van der Waals surface area contributed by atoms with E-state index in [4.69, 9.17) is 16.3 Å². The van der Waals surface area contributed by atoms with Gasteiger partial charge in [-0.1, -0.05) is 29.8 Å². The Hall–Kier alpha value is -4.11. The smallest absolute Gasteiger partial charge is 0.319 e. The number of rotatable bonds is 8. The molecule has 3 N–H and O–H groups in total. The van der Waals surface area contributed by atoms with Gasteiger partial charge in [-0.15, -0.1) is 0 Å². The van der Waals surface area contributed by atoms with Crippen molar-refractivity contribution in [3.63, 3.8) is 0 Å². The van der Waals surface area contributed by atoms with Crippen molar-refractivity contribution in [2.45, 2.75) is 6.42 Å². The Labute approximate surface area is 194 Å². The standard InChI is InChI=1S/C23H21ClN4O5/c1-33-19-4-2-3-17(13-19)27-23(30)25-12-11-15-5-7-16(8-6-15)26-22(29)20-14-18(28(31)32)9-10-21(20)24/h2-10,13-14H,11-12H2,1H3,(H,26,29)(H2,25,27,30). The molecule has 3 aromatic carbocycles. The van der Waals surface area contributed by atoms with E-state index in [1.807, 2.05) is 12.1 Å². The predicted octanol–water partition coefficient (Wildman–Crippen LogP) is 4.87. The molecule has 0 spiro atoms. The van der Waals surface area contributed by atoms with Crippen molar-refractivity contribution >= 4 is 40.6 Å². The van der Waals surface area contributed by atoms with Gasteiger partial charge in [-0.3, -0.25) is 14.9 Å². The molecular weight excluding hydrogens is 448 g/mol. The number of nitrogens with one attached hydrogen (secondary N) is 3. The average molecular weight is 469 g/mol. The Balaban J connectivity index is 1.50. The third-order valence-corrected chi connectivity index (χ3v) is 4.97. The zero-order valence-electron chi connectivity index (χ0n) is 17.6. The van der Waals surface area contributed by atoms with E-state index < -0.39 is 10.8 Å². The van der Waals surface area contributed by atoms with Crippen molar-refractivity contribution in [1.82, 2.24) is 5.32 Å². The minimum Gasteiger partial charge on any atom is -0.497 e. The highest BCUT2D eigenvalue weighted by Crippen LogP contribution is 2.23. The quantitative estimate of drug-likeness (QED) is 0.321. The Morgan fingerprint density at radius 3 is 2.45 bits per heavy atom. The van der Waals surface area contributed by atoms with Gasteiger partial charge in [0.25, 0.3) is 11.6 Å². The van der Waals surface area contributed by atoms with Crippen LogP contribution in [0.15, 0.2) is 66.7 Å². The second-order valence-corrected chi connectivity index (χ2v) is 7.34. The van der Waals surface area contributed by atoms with Crippen LogP contribution in [0.1, 0.15) is 15.9 Å². The molecule has 33 heavy (non-hydrogen) atoms. The summed E-state index contributed by atoms with van der Waals surface area (Å²) in [7, 11) is 1.55. The van der Waals surface area contributed by atoms with Gasteiger partial charge in [0.15, 0.2) is 0 Å². The Kier molecular flexibility index (Phi) is 7.82. The van der Waals surface area contributed by atoms with Crippen molar-refractivity contribution in [3.8, 4) is 5.75 Å². The number of halogens is 1. The molecule has 0 bridgehead atoms. The van der Waals surface area contributed by atoms with Crippen molar-refractivity contribution in [2.24, 2.45) is 0 Å². The minimum atomic E-state index is -0.590. The van der Waals surface area contributed by atoms with E-state index >= 15 is 0 Å². The second-order valence-electron chi connectivity index (χ2n) is 6.94. The van der Waals surface area contributed by atoms with Gasteiger partial charge in [-0.2, -0.15) is 0 Å². The lowest BCUT2D eigenvalue weighted by molar-refractivity contribution is -0.384. The maximum atomic E-state index is 12.5. The van der Waals surface area contributed by atoms with Crippen molar-refractivity contribution in [2.75, 3.05) is 24.3 Å². The monoisotopic (exact) mass is 468 g/mol. The van der Waals surface area contributed by atoms with Gasteiger partial charge in [0.2, 0.25) is 0 Å². The van der Waals surface area contributed by atoms with Crippen LogP contribution in [0.3, 0.4) is 0 Å². The number of nitro groups is 1. The summed E-state index contributed by atoms with van der Waals surface area (Å²) in [5, 5.41) is 19.2. The first-order valence-electron chi connectivity index (χ1n) is 9.89. The predicted molar refractivity (Wildman–Crippen MR) is 126 cm³/mol. The van der Waals surface area contributed by atoms with Crippen LogP contribution in [0.25, 0.3) is 0 Å². The molecule has 0 aliphatic carbocycles. The third-order valence-electron chi connectivity index (χ3n) is 4.64. The normalized spacial score (nSPS) is 10.2. The fourth-order valence-electron chi connectivity index (χ4n) is 2.95. The first kappa shape index (κ1) is 23.6. The van der Waals surface area contributed by atoms with Crippen molar-refractivity contribution in [3.05, 3.63) is 93.0 Å². The first-order chi connectivity index (χ1) is 15.9. The Bertz CT molecular complexity index is 1170. The number of hydrogen-bond donors (Lipinski definition) is 3. The summed E-state index contributed by atoms with van der Waals surface area (Å²) in [5.74, 6) is 0.0973. The highest BCUT2D eigenvalue weighted by molar-refractivity contribution is 6.34. The molecule has 0 radical (unpaired) electrons. The second kappa shape index (κ2) is 11.0. The van der Waals surface area contributed by atoms with E-state index in [0.717, 1.165) is 11.6 Å². The molecule has 0 fully saturated rings.